The lowest BCUT2D eigenvalue weighted by atomic mass is 10.1. The van der Waals surface area contributed by atoms with Crippen molar-refractivity contribution in [3.63, 3.8) is 0 Å². The first-order valence-electron chi connectivity index (χ1n) is 9.10. The molecule has 0 spiro atoms. The fraction of sp³-hybridized carbons (Fsp3) is 0.409. The molecule has 0 radical (unpaired) electrons. The predicted octanol–water partition coefficient (Wildman–Crippen LogP) is 4.84. The number of carbonyl (C=O) groups is 1. The second kappa shape index (κ2) is 16.3. The molecule has 0 aromatic carbocycles. The van der Waals surface area contributed by atoms with Crippen LogP contribution in [0, 0.1) is 0 Å². The summed E-state index contributed by atoms with van der Waals surface area (Å²) < 4.78 is 0. The fourth-order valence-electron chi connectivity index (χ4n) is 1.91. The molecule has 0 rings (SSSR count). The van der Waals surface area contributed by atoms with Crippen LogP contribution in [0.25, 0.3) is 0 Å². The molecule has 0 heterocycles. The maximum absolute atomic E-state index is 10.3. The first-order valence-corrected chi connectivity index (χ1v) is 9.10. The zero-order valence-electron chi connectivity index (χ0n) is 15.6. The molecular weight excluding hydrogens is 328 g/mol. The van der Waals surface area contributed by atoms with Crippen LogP contribution in [0.15, 0.2) is 72.9 Å². The van der Waals surface area contributed by atoms with E-state index in [2.05, 4.69) is 6.08 Å². The Labute approximate surface area is 157 Å². The second-order valence-corrected chi connectivity index (χ2v) is 5.83. The number of carboxylic acids is 1. The highest BCUT2D eigenvalue weighted by Crippen LogP contribution is 2.09. The first kappa shape index (κ1) is 23.8. The summed E-state index contributed by atoms with van der Waals surface area (Å²) in [5, 5.41) is 27.9. The lowest BCUT2D eigenvalue weighted by Crippen LogP contribution is -2.23. The monoisotopic (exact) mass is 360 g/mol. The number of aliphatic hydroxyl groups is 2. The highest BCUT2D eigenvalue weighted by Gasteiger charge is 2.15. The maximum Gasteiger partial charge on any atom is 0.303 e. The van der Waals surface area contributed by atoms with E-state index >= 15 is 0 Å². The minimum absolute atomic E-state index is 0.186. The third-order valence-corrected chi connectivity index (χ3v) is 3.29. The standard InChI is InChI=1S/C22H32O4/c1-2-3-16-19-22(25,26)20-17-14-12-10-8-6-4-5-7-9-11-13-15-18-21(23)24/h3,5-9,11-12,14,16-17,20,25-26H,2,4,10,13,15,18-19H2,1H3,(H,23,24)/b7-5+,8-6+,11-9+,14-12+,16-3+,20-17+. The van der Waals surface area contributed by atoms with E-state index in [0.717, 1.165) is 25.7 Å². The van der Waals surface area contributed by atoms with Crippen molar-refractivity contribution < 1.29 is 20.1 Å². The topological polar surface area (TPSA) is 77.8 Å². The number of rotatable bonds is 14. The highest BCUT2D eigenvalue weighted by molar-refractivity contribution is 5.66. The van der Waals surface area contributed by atoms with E-state index in [1.54, 1.807) is 18.2 Å². The van der Waals surface area contributed by atoms with E-state index in [0.29, 0.717) is 6.42 Å². The number of carboxylic acid groups (broad SMARTS) is 1. The van der Waals surface area contributed by atoms with Crippen LogP contribution in [-0.4, -0.2) is 27.1 Å². The average Bonchev–Trinajstić information content (AvgIpc) is 2.58. The van der Waals surface area contributed by atoms with Crippen LogP contribution in [-0.2, 0) is 4.79 Å². The molecule has 4 nitrogen and oxygen atoms in total. The Hall–Kier alpha value is -2.17. The van der Waals surface area contributed by atoms with Crippen molar-refractivity contribution in [2.45, 2.75) is 57.7 Å². The van der Waals surface area contributed by atoms with Crippen LogP contribution < -0.4 is 0 Å². The molecule has 4 heteroatoms. The Morgan fingerprint density at radius 3 is 2.08 bits per heavy atom. The molecule has 144 valence electrons. The van der Waals surface area contributed by atoms with Crippen LogP contribution in [0.2, 0.25) is 0 Å². The van der Waals surface area contributed by atoms with E-state index in [1.165, 1.54) is 6.08 Å². The van der Waals surface area contributed by atoms with Gasteiger partial charge in [-0.1, -0.05) is 73.8 Å². The van der Waals surface area contributed by atoms with Crippen molar-refractivity contribution in [1.82, 2.24) is 0 Å². The molecule has 0 aromatic heterocycles. The molecule has 0 bridgehead atoms. The summed E-state index contributed by atoms with van der Waals surface area (Å²) in [5.41, 5.74) is 0. The summed E-state index contributed by atoms with van der Waals surface area (Å²) in [7, 11) is 0. The van der Waals surface area contributed by atoms with Gasteiger partial charge in [0.15, 0.2) is 5.79 Å². The highest BCUT2D eigenvalue weighted by atomic mass is 16.5. The molecule has 0 aliphatic rings. The average molecular weight is 360 g/mol. The molecule has 26 heavy (non-hydrogen) atoms. The summed E-state index contributed by atoms with van der Waals surface area (Å²) >= 11 is 0. The molecule has 0 aliphatic heterocycles. The van der Waals surface area contributed by atoms with Crippen molar-refractivity contribution >= 4 is 5.97 Å². The van der Waals surface area contributed by atoms with E-state index in [4.69, 9.17) is 5.11 Å². The molecule has 0 saturated carbocycles. The molecule has 0 amide bonds. The molecule has 3 N–H and O–H groups in total. The third kappa shape index (κ3) is 18.2. The molecule has 0 aromatic rings. The number of hydrogen-bond donors (Lipinski definition) is 3. The van der Waals surface area contributed by atoms with Crippen molar-refractivity contribution in [2.24, 2.45) is 0 Å². The Morgan fingerprint density at radius 2 is 1.46 bits per heavy atom. The first-order chi connectivity index (χ1) is 12.5. The number of allylic oxidation sites excluding steroid dienone is 10. The quantitative estimate of drug-likeness (QED) is 0.179. The lowest BCUT2D eigenvalue weighted by Gasteiger charge is -2.14. The van der Waals surface area contributed by atoms with Crippen LogP contribution in [0.4, 0.5) is 0 Å². The normalized spacial score (nSPS) is 13.7. The van der Waals surface area contributed by atoms with Crippen LogP contribution in [0.1, 0.15) is 51.9 Å². The van der Waals surface area contributed by atoms with Gasteiger partial charge >= 0.3 is 5.97 Å². The van der Waals surface area contributed by atoms with Crippen LogP contribution in [0.3, 0.4) is 0 Å². The van der Waals surface area contributed by atoms with Crippen molar-refractivity contribution in [2.75, 3.05) is 0 Å². The fourth-order valence-corrected chi connectivity index (χ4v) is 1.91. The summed E-state index contributed by atoms with van der Waals surface area (Å²) in [6, 6.07) is 0. The van der Waals surface area contributed by atoms with Crippen LogP contribution >= 0.6 is 0 Å². The number of aliphatic carboxylic acids is 1. The van der Waals surface area contributed by atoms with Gasteiger partial charge in [0, 0.05) is 12.8 Å². The van der Waals surface area contributed by atoms with Gasteiger partial charge in [-0.25, -0.2) is 0 Å². The molecule has 0 saturated heterocycles. The Kier molecular flexibility index (Phi) is 14.9. The zero-order chi connectivity index (χ0) is 19.5. The SMILES string of the molecule is CC/C=C/CC(O)(O)/C=C/C=C/C/C=C/C/C=C/C=C/CCCC(=O)O. The van der Waals surface area contributed by atoms with Gasteiger partial charge in [0.1, 0.15) is 0 Å². The van der Waals surface area contributed by atoms with E-state index in [1.807, 2.05) is 49.5 Å². The second-order valence-electron chi connectivity index (χ2n) is 5.83. The molecule has 0 unspecified atom stereocenters. The van der Waals surface area contributed by atoms with Gasteiger partial charge < -0.3 is 15.3 Å². The van der Waals surface area contributed by atoms with Gasteiger partial charge in [-0.15, -0.1) is 0 Å². The number of unbranched alkanes of at least 4 members (excludes halogenated alkanes) is 1. The lowest BCUT2D eigenvalue weighted by molar-refractivity contribution is -0.137. The molecule has 0 fully saturated rings. The summed E-state index contributed by atoms with van der Waals surface area (Å²) in [5.74, 6) is -2.54. The number of hydrogen-bond acceptors (Lipinski definition) is 3. The summed E-state index contributed by atoms with van der Waals surface area (Å²) in [6.07, 6.45) is 26.8. The van der Waals surface area contributed by atoms with E-state index < -0.39 is 11.8 Å². The van der Waals surface area contributed by atoms with Gasteiger partial charge in [-0.05, 0) is 38.2 Å². The Balaban J connectivity index is 3.82. The van der Waals surface area contributed by atoms with Gasteiger partial charge in [-0.2, -0.15) is 0 Å². The predicted molar refractivity (Wildman–Crippen MR) is 108 cm³/mol. The summed E-state index contributed by atoms with van der Waals surface area (Å²) in [6.45, 7) is 2.00. The van der Waals surface area contributed by atoms with E-state index in [9.17, 15) is 15.0 Å². The third-order valence-electron chi connectivity index (χ3n) is 3.29. The zero-order valence-corrected chi connectivity index (χ0v) is 15.6. The summed E-state index contributed by atoms with van der Waals surface area (Å²) in [4.78, 5) is 10.3. The Bertz CT molecular complexity index is 534. The molecule has 0 atom stereocenters. The smallest absolute Gasteiger partial charge is 0.303 e. The van der Waals surface area contributed by atoms with Crippen LogP contribution in [0.5, 0.6) is 0 Å². The van der Waals surface area contributed by atoms with Crippen molar-refractivity contribution in [3.8, 4) is 0 Å². The van der Waals surface area contributed by atoms with Gasteiger partial charge in [0.2, 0.25) is 0 Å². The maximum atomic E-state index is 10.3. The van der Waals surface area contributed by atoms with Crippen molar-refractivity contribution in [3.05, 3.63) is 72.9 Å². The largest absolute Gasteiger partial charge is 0.481 e. The molecular formula is C22H32O4. The van der Waals surface area contributed by atoms with Crippen molar-refractivity contribution in [1.29, 1.82) is 0 Å². The van der Waals surface area contributed by atoms with E-state index in [-0.39, 0.29) is 12.8 Å². The minimum Gasteiger partial charge on any atom is -0.481 e. The minimum atomic E-state index is -1.79. The van der Waals surface area contributed by atoms with Gasteiger partial charge in [-0.3, -0.25) is 4.79 Å². The van der Waals surface area contributed by atoms with Gasteiger partial charge in [0.25, 0.3) is 0 Å². The van der Waals surface area contributed by atoms with Gasteiger partial charge in [0.05, 0.1) is 0 Å². The Morgan fingerprint density at radius 1 is 0.846 bits per heavy atom. The molecule has 0 aliphatic carbocycles.